The predicted molar refractivity (Wildman–Crippen MR) is 50.3 cm³/mol. The molecule has 0 aromatic rings. The van der Waals surface area contributed by atoms with Crippen LogP contribution in [0.15, 0.2) is 0 Å². The van der Waals surface area contributed by atoms with Crippen molar-refractivity contribution >= 4 is 0 Å². The quantitative estimate of drug-likeness (QED) is 0.562. The van der Waals surface area contributed by atoms with Crippen molar-refractivity contribution in [2.24, 2.45) is 0 Å². The van der Waals surface area contributed by atoms with E-state index in [1.165, 1.54) is 0 Å². The van der Waals surface area contributed by atoms with Gasteiger partial charge in [-0.25, -0.2) is 0 Å². The zero-order valence-corrected chi connectivity index (χ0v) is 8.39. The molecule has 0 radical (unpaired) electrons. The molecule has 0 spiro atoms. The van der Waals surface area contributed by atoms with Gasteiger partial charge < -0.3 is 15.2 Å². The van der Waals surface area contributed by atoms with Gasteiger partial charge in [-0.15, -0.1) is 0 Å². The molecule has 3 nitrogen and oxygen atoms in total. The van der Waals surface area contributed by atoms with Gasteiger partial charge in [0, 0.05) is 26.7 Å². The van der Waals surface area contributed by atoms with Crippen LogP contribution < -0.4 is 5.32 Å². The molecule has 0 amide bonds. The second-order valence-corrected chi connectivity index (χ2v) is 3.42. The maximum Gasteiger partial charge on any atom is 0.0765 e. The van der Waals surface area contributed by atoms with E-state index in [4.69, 9.17) is 4.74 Å². The largest absolute Gasteiger partial charge is 0.389 e. The highest BCUT2D eigenvalue weighted by atomic mass is 16.5. The van der Waals surface area contributed by atoms with Crippen LogP contribution in [0.1, 0.15) is 26.7 Å². The van der Waals surface area contributed by atoms with Crippen LogP contribution in [0.3, 0.4) is 0 Å². The summed E-state index contributed by atoms with van der Waals surface area (Å²) in [5, 5.41) is 12.9. The number of hydrogen-bond donors (Lipinski definition) is 2. The van der Waals surface area contributed by atoms with Gasteiger partial charge in [-0.05, 0) is 19.9 Å². The molecule has 0 heterocycles. The third kappa shape index (κ3) is 6.58. The minimum Gasteiger partial charge on any atom is -0.389 e. The lowest BCUT2D eigenvalue weighted by Gasteiger charge is -2.23. The first-order chi connectivity index (χ1) is 5.62. The van der Waals surface area contributed by atoms with E-state index in [2.05, 4.69) is 12.2 Å². The summed E-state index contributed by atoms with van der Waals surface area (Å²) < 4.78 is 4.90. The van der Waals surface area contributed by atoms with Crippen molar-refractivity contribution in [3.63, 3.8) is 0 Å². The summed E-state index contributed by atoms with van der Waals surface area (Å²) in [7, 11) is 1.65. The highest BCUT2D eigenvalue weighted by molar-refractivity contribution is 4.74. The van der Waals surface area contributed by atoms with E-state index >= 15 is 0 Å². The molecular weight excluding hydrogens is 154 g/mol. The molecule has 1 unspecified atom stereocenters. The zero-order valence-electron chi connectivity index (χ0n) is 8.39. The van der Waals surface area contributed by atoms with Crippen LogP contribution in [0.25, 0.3) is 0 Å². The lowest BCUT2D eigenvalue weighted by molar-refractivity contribution is 0.0252. The Morgan fingerprint density at radius 2 is 2.17 bits per heavy atom. The minimum atomic E-state index is -0.634. The van der Waals surface area contributed by atoms with Crippen molar-refractivity contribution in [3.8, 4) is 0 Å². The van der Waals surface area contributed by atoms with Crippen LogP contribution in [0.2, 0.25) is 0 Å². The van der Waals surface area contributed by atoms with Gasteiger partial charge in [0.05, 0.1) is 5.60 Å². The van der Waals surface area contributed by atoms with Gasteiger partial charge in [-0.1, -0.05) is 6.92 Å². The van der Waals surface area contributed by atoms with E-state index in [1.54, 1.807) is 7.11 Å². The van der Waals surface area contributed by atoms with Gasteiger partial charge in [0.1, 0.15) is 0 Å². The first-order valence-corrected chi connectivity index (χ1v) is 4.54. The number of nitrogens with one attached hydrogen (secondary N) is 1. The topological polar surface area (TPSA) is 41.5 Å². The van der Waals surface area contributed by atoms with E-state index < -0.39 is 5.60 Å². The normalized spacial score (nSPS) is 16.0. The number of hydrogen-bond acceptors (Lipinski definition) is 3. The Morgan fingerprint density at radius 1 is 1.50 bits per heavy atom. The second-order valence-electron chi connectivity index (χ2n) is 3.42. The van der Waals surface area contributed by atoms with Crippen LogP contribution in [0.4, 0.5) is 0 Å². The molecule has 0 fully saturated rings. The highest BCUT2D eigenvalue weighted by Crippen LogP contribution is 2.06. The number of ether oxygens (including phenoxy) is 1. The minimum absolute atomic E-state index is 0.612. The second kappa shape index (κ2) is 6.40. The van der Waals surface area contributed by atoms with Gasteiger partial charge >= 0.3 is 0 Å². The third-order valence-electron chi connectivity index (χ3n) is 1.78. The van der Waals surface area contributed by atoms with Gasteiger partial charge in [0.2, 0.25) is 0 Å². The Labute approximate surface area is 75.1 Å². The summed E-state index contributed by atoms with van der Waals surface area (Å²) in [4.78, 5) is 0. The average molecular weight is 175 g/mol. The summed E-state index contributed by atoms with van der Waals surface area (Å²) in [5.74, 6) is 0. The lowest BCUT2D eigenvalue weighted by atomic mass is 10.0. The number of methoxy groups -OCH3 is 1. The SMILES string of the molecule is CCCNCC(C)(O)CCOC. The summed E-state index contributed by atoms with van der Waals surface area (Å²) in [6.45, 7) is 6.15. The molecule has 0 bridgehead atoms. The van der Waals surface area contributed by atoms with Crippen molar-refractivity contribution in [2.75, 3.05) is 26.8 Å². The summed E-state index contributed by atoms with van der Waals surface area (Å²) in [6.07, 6.45) is 1.78. The molecule has 1 atom stereocenters. The van der Waals surface area contributed by atoms with E-state index in [0.717, 1.165) is 13.0 Å². The third-order valence-corrected chi connectivity index (χ3v) is 1.78. The number of rotatable bonds is 7. The molecule has 0 aliphatic rings. The standard InChI is InChI=1S/C9H21NO2/c1-4-6-10-8-9(2,11)5-7-12-3/h10-11H,4-8H2,1-3H3. The van der Waals surface area contributed by atoms with Crippen molar-refractivity contribution in [3.05, 3.63) is 0 Å². The Kier molecular flexibility index (Phi) is 6.34. The average Bonchev–Trinajstić information content (AvgIpc) is 2.01. The first kappa shape index (κ1) is 11.9. The van der Waals surface area contributed by atoms with Crippen molar-refractivity contribution in [1.29, 1.82) is 0 Å². The van der Waals surface area contributed by atoms with Crippen LogP contribution in [-0.2, 0) is 4.74 Å². The van der Waals surface area contributed by atoms with E-state index in [9.17, 15) is 5.11 Å². The number of aliphatic hydroxyl groups is 1. The highest BCUT2D eigenvalue weighted by Gasteiger charge is 2.18. The molecule has 74 valence electrons. The van der Waals surface area contributed by atoms with Crippen LogP contribution in [-0.4, -0.2) is 37.5 Å². The maximum absolute atomic E-state index is 9.73. The molecule has 12 heavy (non-hydrogen) atoms. The Bertz CT molecular complexity index is 105. The van der Waals surface area contributed by atoms with Gasteiger partial charge in [-0.3, -0.25) is 0 Å². The van der Waals surface area contributed by atoms with Crippen LogP contribution in [0, 0.1) is 0 Å². The van der Waals surface area contributed by atoms with Crippen molar-refractivity contribution in [1.82, 2.24) is 5.32 Å². The fraction of sp³-hybridized carbons (Fsp3) is 1.00. The Morgan fingerprint density at radius 3 is 2.67 bits per heavy atom. The van der Waals surface area contributed by atoms with Crippen molar-refractivity contribution < 1.29 is 9.84 Å². The molecule has 0 rings (SSSR count). The molecule has 3 heteroatoms. The molecule has 0 aliphatic heterocycles. The smallest absolute Gasteiger partial charge is 0.0765 e. The van der Waals surface area contributed by atoms with Crippen molar-refractivity contribution in [2.45, 2.75) is 32.3 Å². The first-order valence-electron chi connectivity index (χ1n) is 4.54. The molecular formula is C9H21NO2. The monoisotopic (exact) mass is 175 g/mol. The maximum atomic E-state index is 9.73. The van der Waals surface area contributed by atoms with Gasteiger partial charge in [0.15, 0.2) is 0 Å². The Hall–Kier alpha value is -0.120. The molecule has 0 aromatic heterocycles. The van der Waals surface area contributed by atoms with Crippen LogP contribution in [0.5, 0.6) is 0 Å². The van der Waals surface area contributed by atoms with Crippen LogP contribution >= 0.6 is 0 Å². The molecule has 0 aromatic carbocycles. The molecule has 2 N–H and O–H groups in total. The fourth-order valence-electron chi connectivity index (χ4n) is 0.945. The molecule has 0 saturated carbocycles. The predicted octanol–water partition coefficient (Wildman–Crippen LogP) is 0.773. The molecule has 0 aliphatic carbocycles. The fourth-order valence-corrected chi connectivity index (χ4v) is 0.945. The summed E-state index contributed by atoms with van der Waals surface area (Å²) >= 11 is 0. The zero-order chi connectivity index (χ0) is 9.45. The van der Waals surface area contributed by atoms with E-state index in [1.807, 2.05) is 6.92 Å². The summed E-state index contributed by atoms with van der Waals surface area (Å²) in [5.41, 5.74) is -0.634. The van der Waals surface area contributed by atoms with Gasteiger partial charge in [0.25, 0.3) is 0 Å². The lowest BCUT2D eigenvalue weighted by Crippen LogP contribution is -2.38. The van der Waals surface area contributed by atoms with E-state index in [-0.39, 0.29) is 0 Å². The Balaban J connectivity index is 3.42. The van der Waals surface area contributed by atoms with E-state index in [0.29, 0.717) is 19.6 Å². The summed E-state index contributed by atoms with van der Waals surface area (Å²) in [6, 6.07) is 0. The molecule has 0 saturated heterocycles. The van der Waals surface area contributed by atoms with Gasteiger partial charge in [-0.2, -0.15) is 0 Å².